The van der Waals surface area contributed by atoms with Crippen LogP contribution in [0.1, 0.15) is 12.5 Å². The highest BCUT2D eigenvalue weighted by molar-refractivity contribution is 5.61. The first-order valence-corrected chi connectivity index (χ1v) is 5.72. The number of pyridine rings is 1. The summed E-state index contributed by atoms with van der Waals surface area (Å²) in [6.07, 6.45) is 1.91. The van der Waals surface area contributed by atoms with Crippen molar-refractivity contribution in [2.75, 3.05) is 38.1 Å². The molecule has 1 aromatic heterocycles. The minimum atomic E-state index is 1.07. The molecule has 1 fully saturated rings. The number of nitrogens with zero attached hydrogens (tertiary/aromatic N) is 3. The fraction of sp³-hybridized carbons (Fsp3) is 0.462. The van der Waals surface area contributed by atoms with Crippen molar-refractivity contribution < 1.29 is 0 Å². The molecule has 16 heavy (non-hydrogen) atoms. The minimum Gasteiger partial charge on any atom is -0.354 e. The molecular formula is C13H19N3. The van der Waals surface area contributed by atoms with E-state index >= 15 is 0 Å². The summed E-state index contributed by atoms with van der Waals surface area (Å²) in [6, 6.07) is 4.19. The second kappa shape index (κ2) is 4.66. The average molecular weight is 217 g/mol. The van der Waals surface area contributed by atoms with Gasteiger partial charge in [-0.25, -0.2) is 4.98 Å². The van der Waals surface area contributed by atoms with Gasteiger partial charge in [-0.1, -0.05) is 6.58 Å². The molecule has 86 valence electrons. The zero-order valence-electron chi connectivity index (χ0n) is 10.1. The molecule has 0 bridgehead atoms. The number of aromatic nitrogens is 1. The van der Waals surface area contributed by atoms with Crippen LogP contribution in [0.15, 0.2) is 24.9 Å². The highest BCUT2D eigenvalue weighted by Crippen LogP contribution is 2.16. The van der Waals surface area contributed by atoms with Gasteiger partial charge in [-0.05, 0) is 37.2 Å². The first-order valence-electron chi connectivity index (χ1n) is 5.72. The summed E-state index contributed by atoms with van der Waals surface area (Å²) in [5.74, 6) is 1.08. The summed E-state index contributed by atoms with van der Waals surface area (Å²) in [4.78, 5) is 9.18. The zero-order chi connectivity index (χ0) is 11.5. The van der Waals surface area contributed by atoms with Gasteiger partial charge in [0, 0.05) is 32.4 Å². The molecule has 0 saturated carbocycles. The molecule has 1 saturated heterocycles. The van der Waals surface area contributed by atoms with E-state index in [1.165, 1.54) is 0 Å². The number of hydrogen-bond donors (Lipinski definition) is 0. The number of rotatable bonds is 2. The van der Waals surface area contributed by atoms with Crippen LogP contribution in [0.5, 0.6) is 0 Å². The molecule has 3 heteroatoms. The second-order valence-corrected chi connectivity index (χ2v) is 4.48. The second-order valence-electron chi connectivity index (χ2n) is 4.48. The van der Waals surface area contributed by atoms with Crippen molar-refractivity contribution in [3.8, 4) is 0 Å². The van der Waals surface area contributed by atoms with Crippen LogP contribution >= 0.6 is 0 Å². The molecule has 0 radical (unpaired) electrons. The molecule has 0 spiro atoms. The van der Waals surface area contributed by atoms with E-state index in [0.717, 1.165) is 43.1 Å². The van der Waals surface area contributed by atoms with Gasteiger partial charge < -0.3 is 9.80 Å². The summed E-state index contributed by atoms with van der Waals surface area (Å²) in [7, 11) is 2.16. The molecule has 3 nitrogen and oxygen atoms in total. The minimum absolute atomic E-state index is 1.07. The van der Waals surface area contributed by atoms with Gasteiger partial charge in [-0.3, -0.25) is 0 Å². The van der Waals surface area contributed by atoms with Crippen molar-refractivity contribution in [2.45, 2.75) is 6.92 Å². The molecule has 0 aromatic carbocycles. The predicted molar refractivity (Wildman–Crippen MR) is 68.7 cm³/mol. The zero-order valence-corrected chi connectivity index (χ0v) is 10.1. The Morgan fingerprint density at radius 2 is 1.94 bits per heavy atom. The Morgan fingerprint density at radius 3 is 2.44 bits per heavy atom. The third kappa shape index (κ3) is 2.42. The number of likely N-dealkylation sites (N-methyl/N-ethyl adjacent to an activating group) is 1. The summed E-state index contributed by atoms with van der Waals surface area (Å²) in [6.45, 7) is 10.3. The maximum absolute atomic E-state index is 4.50. The summed E-state index contributed by atoms with van der Waals surface area (Å²) in [5.41, 5.74) is 2.19. The van der Waals surface area contributed by atoms with E-state index in [4.69, 9.17) is 0 Å². The van der Waals surface area contributed by atoms with E-state index < -0.39 is 0 Å². The van der Waals surface area contributed by atoms with Crippen LogP contribution in [0.25, 0.3) is 5.57 Å². The molecule has 2 heterocycles. The Bertz CT molecular complexity index is 361. The third-order valence-electron chi connectivity index (χ3n) is 3.07. The maximum Gasteiger partial charge on any atom is 0.128 e. The first-order chi connectivity index (χ1) is 7.66. The topological polar surface area (TPSA) is 19.4 Å². The van der Waals surface area contributed by atoms with Gasteiger partial charge in [0.05, 0.1) is 0 Å². The van der Waals surface area contributed by atoms with Crippen LogP contribution < -0.4 is 4.90 Å². The van der Waals surface area contributed by atoms with E-state index in [0.29, 0.717) is 0 Å². The van der Waals surface area contributed by atoms with Crippen LogP contribution in [-0.4, -0.2) is 43.1 Å². The lowest BCUT2D eigenvalue weighted by Gasteiger charge is -2.33. The molecular weight excluding hydrogens is 198 g/mol. The Labute approximate surface area is 97.4 Å². The molecule has 1 aromatic rings. The highest BCUT2D eigenvalue weighted by atomic mass is 15.3. The van der Waals surface area contributed by atoms with E-state index in [-0.39, 0.29) is 0 Å². The fourth-order valence-corrected chi connectivity index (χ4v) is 1.86. The Kier molecular flexibility index (Phi) is 3.25. The van der Waals surface area contributed by atoms with Gasteiger partial charge in [-0.15, -0.1) is 0 Å². The van der Waals surface area contributed by atoms with Gasteiger partial charge in [0.2, 0.25) is 0 Å². The van der Waals surface area contributed by atoms with Crippen LogP contribution in [-0.2, 0) is 0 Å². The number of piperazine rings is 1. The first kappa shape index (κ1) is 11.1. The van der Waals surface area contributed by atoms with E-state index in [1.807, 2.05) is 13.1 Å². The van der Waals surface area contributed by atoms with Crippen LogP contribution in [0, 0.1) is 0 Å². The molecule has 0 amide bonds. The van der Waals surface area contributed by atoms with E-state index in [1.54, 1.807) is 0 Å². The number of hydrogen-bond acceptors (Lipinski definition) is 3. The lowest BCUT2D eigenvalue weighted by molar-refractivity contribution is 0.312. The van der Waals surface area contributed by atoms with E-state index in [9.17, 15) is 0 Å². The van der Waals surface area contributed by atoms with Crippen LogP contribution in [0.2, 0.25) is 0 Å². The van der Waals surface area contributed by atoms with Crippen molar-refractivity contribution in [1.82, 2.24) is 9.88 Å². The van der Waals surface area contributed by atoms with Gasteiger partial charge >= 0.3 is 0 Å². The SMILES string of the molecule is C=C(C)c1ccc(N2CCN(C)CC2)nc1. The van der Waals surface area contributed by atoms with Crippen LogP contribution in [0.3, 0.4) is 0 Å². The Morgan fingerprint density at radius 1 is 1.25 bits per heavy atom. The van der Waals surface area contributed by atoms with Crippen molar-refractivity contribution in [1.29, 1.82) is 0 Å². The molecule has 0 atom stereocenters. The standard InChI is InChI=1S/C13H19N3/c1-11(2)12-4-5-13(14-10-12)16-8-6-15(3)7-9-16/h4-5,10H,1,6-9H2,2-3H3. The van der Waals surface area contributed by atoms with Gasteiger partial charge in [0.25, 0.3) is 0 Å². The van der Waals surface area contributed by atoms with Crippen molar-refractivity contribution in [3.05, 3.63) is 30.5 Å². The lowest BCUT2D eigenvalue weighted by Crippen LogP contribution is -2.44. The highest BCUT2D eigenvalue weighted by Gasteiger charge is 2.14. The van der Waals surface area contributed by atoms with E-state index in [2.05, 4.69) is 40.5 Å². The monoisotopic (exact) mass is 217 g/mol. The average Bonchev–Trinajstić information content (AvgIpc) is 2.30. The van der Waals surface area contributed by atoms with Crippen molar-refractivity contribution in [2.24, 2.45) is 0 Å². The quantitative estimate of drug-likeness (QED) is 0.754. The molecule has 0 unspecified atom stereocenters. The Hall–Kier alpha value is -1.35. The van der Waals surface area contributed by atoms with Gasteiger partial charge in [0.1, 0.15) is 5.82 Å². The van der Waals surface area contributed by atoms with Crippen molar-refractivity contribution in [3.63, 3.8) is 0 Å². The third-order valence-corrected chi connectivity index (χ3v) is 3.07. The Balaban J connectivity index is 2.07. The summed E-state index contributed by atoms with van der Waals surface area (Å²) in [5, 5.41) is 0. The number of anilines is 1. The molecule has 2 rings (SSSR count). The summed E-state index contributed by atoms with van der Waals surface area (Å²) < 4.78 is 0. The van der Waals surface area contributed by atoms with Gasteiger partial charge in [-0.2, -0.15) is 0 Å². The normalized spacial score (nSPS) is 17.5. The smallest absolute Gasteiger partial charge is 0.128 e. The fourth-order valence-electron chi connectivity index (χ4n) is 1.86. The lowest BCUT2D eigenvalue weighted by atomic mass is 10.1. The maximum atomic E-state index is 4.50. The predicted octanol–water partition coefficient (Wildman–Crippen LogP) is 1.87. The molecule has 1 aliphatic rings. The van der Waals surface area contributed by atoms with Gasteiger partial charge in [0.15, 0.2) is 0 Å². The largest absolute Gasteiger partial charge is 0.354 e. The van der Waals surface area contributed by atoms with Crippen LogP contribution in [0.4, 0.5) is 5.82 Å². The molecule has 1 aliphatic heterocycles. The molecule has 0 N–H and O–H groups in total. The summed E-state index contributed by atoms with van der Waals surface area (Å²) >= 11 is 0. The van der Waals surface area contributed by atoms with Crippen molar-refractivity contribution >= 4 is 11.4 Å². The molecule has 0 aliphatic carbocycles. The number of allylic oxidation sites excluding steroid dienone is 1.